The van der Waals surface area contributed by atoms with Crippen LogP contribution in [0.4, 0.5) is 0 Å². The predicted octanol–water partition coefficient (Wildman–Crippen LogP) is 4.51. The van der Waals surface area contributed by atoms with Gasteiger partial charge in [0.1, 0.15) is 0 Å². The summed E-state index contributed by atoms with van der Waals surface area (Å²) in [6.07, 6.45) is 1.82. The average molecular weight is 351 g/mol. The Hall–Kier alpha value is -2.26. The maximum absolute atomic E-state index is 13.0. The fourth-order valence-electron chi connectivity index (χ4n) is 4.18. The largest absolute Gasteiger partial charge is 0.358 e. The number of aromatic amines is 1. The van der Waals surface area contributed by atoms with Crippen molar-refractivity contribution in [3.63, 3.8) is 0 Å². The van der Waals surface area contributed by atoms with Crippen LogP contribution in [-0.2, 0) is 17.8 Å². The van der Waals surface area contributed by atoms with E-state index in [4.69, 9.17) is 11.6 Å². The van der Waals surface area contributed by atoms with Crippen molar-refractivity contribution in [2.45, 2.75) is 25.3 Å². The van der Waals surface area contributed by atoms with E-state index in [2.05, 4.69) is 23.2 Å². The Bertz CT molecular complexity index is 977. The van der Waals surface area contributed by atoms with Gasteiger partial charge in [0.2, 0.25) is 5.91 Å². The second-order valence-electron chi connectivity index (χ2n) is 7.11. The third-order valence-electron chi connectivity index (χ3n) is 5.61. The number of nitrogens with zero attached hydrogens (tertiary/aromatic N) is 1. The molecule has 2 aromatic carbocycles. The molecular weight excluding hydrogens is 332 g/mol. The maximum Gasteiger partial charge on any atom is 0.226 e. The van der Waals surface area contributed by atoms with E-state index in [9.17, 15) is 4.79 Å². The number of benzene rings is 2. The Morgan fingerprint density at radius 3 is 2.80 bits per heavy atom. The molecule has 3 aromatic rings. The minimum atomic E-state index is 0.0895. The van der Waals surface area contributed by atoms with Crippen molar-refractivity contribution >= 4 is 28.4 Å². The smallest absolute Gasteiger partial charge is 0.226 e. The third-order valence-corrected chi connectivity index (χ3v) is 5.95. The molecule has 1 aromatic heterocycles. The third kappa shape index (κ3) is 2.46. The number of carbonyl (C=O) groups excluding carboxylic acids is 1. The number of H-pyrrole nitrogens is 1. The molecule has 0 bridgehead atoms. The van der Waals surface area contributed by atoms with Crippen LogP contribution in [0.25, 0.3) is 10.9 Å². The van der Waals surface area contributed by atoms with Crippen LogP contribution in [0.2, 0.25) is 5.02 Å². The molecule has 1 aliphatic carbocycles. The van der Waals surface area contributed by atoms with Crippen molar-refractivity contribution in [2.24, 2.45) is 5.92 Å². The highest BCUT2D eigenvalue weighted by molar-refractivity contribution is 6.31. The van der Waals surface area contributed by atoms with Gasteiger partial charge in [-0.15, -0.1) is 0 Å². The van der Waals surface area contributed by atoms with Gasteiger partial charge in [0.25, 0.3) is 0 Å². The van der Waals surface area contributed by atoms with Crippen LogP contribution in [0.3, 0.4) is 0 Å². The molecule has 0 saturated heterocycles. The highest BCUT2D eigenvalue weighted by atomic mass is 35.5. The van der Waals surface area contributed by atoms with Gasteiger partial charge in [-0.05, 0) is 30.0 Å². The molecule has 0 unspecified atom stereocenters. The molecule has 25 heavy (non-hydrogen) atoms. The molecule has 126 valence electrons. The summed E-state index contributed by atoms with van der Waals surface area (Å²) in [7, 11) is 0. The molecule has 1 N–H and O–H groups in total. The standard InChI is InChI=1S/C21H19ClN2O/c22-18-7-3-1-5-13(18)15-11-16(15)21(25)24-10-9-20-17(12-24)14-6-2-4-8-19(14)23-20/h1-8,15-16,23H,9-12H2/t15-,16-/m1/s1. The van der Waals surface area contributed by atoms with Crippen molar-refractivity contribution in [2.75, 3.05) is 6.54 Å². The van der Waals surface area contributed by atoms with Gasteiger partial charge in [0.15, 0.2) is 0 Å². The Balaban J connectivity index is 1.37. The molecule has 0 spiro atoms. The van der Waals surface area contributed by atoms with Crippen LogP contribution in [0, 0.1) is 5.92 Å². The zero-order valence-corrected chi connectivity index (χ0v) is 14.6. The van der Waals surface area contributed by atoms with Gasteiger partial charge in [0, 0.05) is 52.6 Å². The summed E-state index contributed by atoms with van der Waals surface area (Å²) in [6.45, 7) is 1.51. The van der Waals surface area contributed by atoms with Gasteiger partial charge in [-0.1, -0.05) is 48.0 Å². The first-order valence-electron chi connectivity index (χ1n) is 8.84. The first-order valence-corrected chi connectivity index (χ1v) is 9.22. The van der Waals surface area contributed by atoms with Crippen molar-refractivity contribution in [3.8, 4) is 0 Å². The van der Waals surface area contributed by atoms with E-state index in [-0.39, 0.29) is 17.7 Å². The molecule has 5 rings (SSSR count). The lowest BCUT2D eigenvalue weighted by molar-refractivity contribution is -0.133. The van der Waals surface area contributed by atoms with Gasteiger partial charge in [-0.3, -0.25) is 4.79 Å². The molecule has 1 aliphatic heterocycles. The summed E-state index contributed by atoms with van der Waals surface area (Å²) in [5.74, 6) is 0.651. The van der Waals surface area contributed by atoms with Crippen LogP contribution < -0.4 is 0 Å². The number of hydrogen-bond acceptors (Lipinski definition) is 1. The maximum atomic E-state index is 13.0. The van der Waals surface area contributed by atoms with Crippen molar-refractivity contribution in [3.05, 3.63) is 70.4 Å². The van der Waals surface area contributed by atoms with E-state index in [1.54, 1.807) is 0 Å². The van der Waals surface area contributed by atoms with Crippen LogP contribution in [0.5, 0.6) is 0 Å². The Kier molecular flexibility index (Phi) is 3.39. The topological polar surface area (TPSA) is 36.1 Å². The Morgan fingerprint density at radius 2 is 1.92 bits per heavy atom. The molecular formula is C21H19ClN2O. The second kappa shape index (κ2) is 5.63. The van der Waals surface area contributed by atoms with E-state index in [0.29, 0.717) is 6.54 Å². The average Bonchev–Trinajstić information content (AvgIpc) is 3.34. The molecule has 2 aliphatic rings. The SMILES string of the molecule is O=C([C@@H]1C[C@@H]1c1ccccc1Cl)N1CCc2[nH]c3ccccc3c2C1. The quantitative estimate of drug-likeness (QED) is 0.725. The molecule has 1 fully saturated rings. The molecule has 1 amide bonds. The highest BCUT2D eigenvalue weighted by Gasteiger charge is 2.46. The van der Waals surface area contributed by atoms with Gasteiger partial charge in [-0.25, -0.2) is 0 Å². The Labute approximate surface area is 151 Å². The lowest BCUT2D eigenvalue weighted by atomic mass is 10.0. The zero-order chi connectivity index (χ0) is 17.0. The fraction of sp³-hybridized carbons (Fsp3) is 0.286. The predicted molar refractivity (Wildman–Crippen MR) is 99.7 cm³/mol. The molecule has 2 heterocycles. The number of nitrogens with one attached hydrogen (secondary N) is 1. The lowest BCUT2D eigenvalue weighted by Crippen LogP contribution is -2.37. The van der Waals surface area contributed by atoms with Crippen molar-refractivity contribution in [1.82, 2.24) is 9.88 Å². The van der Waals surface area contributed by atoms with E-state index < -0.39 is 0 Å². The molecule has 4 heteroatoms. The van der Waals surface area contributed by atoms with Crippen LogP contribution in [0.15, 0.2) is 48.5 Å². The van der Waals surface area contributed by atoms with Gasteiger partial charge >= 0.3 is 0 Å². The van der Waals surface area contributed by atoms with Crippen molar-refractivity contribution in [1.29, 1.82) is 0 Å². The van der Waals surface area contributed by atoms with Gasteiger partial charge < -0.3 is 9.88 Å². The first kappa shape index (κ1) is 15.0. The normalized spacial score (nSPS) is 22.0. The van der Waals surface area contributed by atoms with E-state index in [1.165, 1.54) is 22.2 Å². The Morgan fingerprint density at radius 1 is 1.12 bits per heavy atom. The number of fused-ring (bicyclic) bond motifs is 3. The second-order valence-corrected chi connectivity index (χ2v) is 7.51. The minimum absolute atomic E-state index is 0.0895. The highest BCUT2D eigenvalue weighted by Crippen LogP contribution is 2.50. The van der Waals surface area contributed by atoms with Crippen molar-refractivity contribution < 1.29 is 4.79 Å². The minimum Gasteiger partial charge on any atom is -0.358 e. The number of amides is 1. The number of aromatic nitrogens is 1. The zero-order valence-electron chi connectivity index (χ0n) is 13.8. The number of rotatable bonds is 2. The van der Waals surface area contributed by atoms with E-state index in [0.717, 1.165) is 30.0 Å². The van der Waals surface area contributed by atoms with Crippen LogP contribution in [0.1, 0.15) is 29.2 Å². The summed E-state index contributed by atoms with van der Waals surface area (Å²) in [6, 6.07) is 16.3. The number of para-hydroxylation sites is 1. The van der Waals surface area contributed by atoms with Crippen LogP contribution in [-0.4, -0.2) is 22.3 Å². The summed E-state index contributed by atoms with van der Waals surface area (Å²) >= 11 is 6.30. The number of hydrogen-bond donors (Lipinski definition) is 1. The molecule has 3 nitrogen and oxygen atoms in total. The summed E-state index contributed by atoms with van der Waals surface area (Å²) in [4.78, 5) is 18.5. The molecule has 0 radical (unpaired) electrons. The summed E-state index contributed by atoms with van der Waals surface area (Å²) < 4.78 is 0. The lowest BCUT2D eigenvalue weighted by Gasteiger charge is -2.27. The van der Waals surface area contributed by atoms with Gasteiger partial charge in [0.05, 0.1) is 0 Å². The first-order chi connectivity index (χ1) is 12.2. The number of halogens is 1. The summed E-state index contributed by atoms with van der Waals surface area (Å²) in [5.41, 5.74) is 4.85. The fourth-order valence-corrected chi connectivity index (χ4v) is 4.45. The van der Waals surface area contributed by atoms with E-state index in [1.807, 2.05) is 35.2 Å². The summed E-state index contributed by atoms with van der Waals surface area (Å²) in [5, 5.41) is 2.02. The van der Waals surface area contributed by atoms with Crippen LogP contribution >= 0.6 is 11.6 Å². The molecule has 2 atom stereocenters. The monoisotopic (exact) mass is 350 g/mol. The molecule has 1 saturated carbocycles. The van der Waals surface area contributed by atoms with Gasteiger partial charge in [-0.2, -0.15) is 0 Å². The van der Waals surface area contributed by atoms with E-state index >= 15 is 0 Å². The number of carbonyl (C=O) groups is 1.